The zero-order valence-electron chi connectivity index (χ0n) is 27.3. The number of carbonyl (C=O) groups excluding carboxylic acids is 2. The summed E-state index contributed by atoms with van der Waals surface area (Å²) in [4.78, 5) is 30.2. The van der Waals surface area contributed by atoms with Gasteiger partial charge < -0.3 is 35.5 Å². The van der Waals surface area contributed by atoms with E-state index >= 15 is 0 Å². The molecule has 1 atom stereocenters. The lowest BCUT2D eigenvalue weighted by Gasteiger charge is -2.24. The second-order valence-corrected chi connectivity index (χ2v) is 11.5. The third kappa shape index (κ3) is 12.1. The van der Waals surface area contributed by atoms with Crippen molar-refractivity contribution in [1.29, 1.82) is 0 Å². The van der Waals surface area contributed by atoms with Gasteiger partial charge in [0.25, 0.3) is 0 Å². The highest BCUT2D eigenvalue weighted by Gasteiger charge is 2.23. The van der Waals surface area contributed by atoms with E-state index in [1.165, 1.54) is 13.0 Å². The molecule has 10 heteroatoms. The minimum absolute atomic E-state index is 0.0295. The first-order valence-electron chi connectivity index (χ1n) is 16.0. The molecule has 0 fully saturated rings. The molecule has 3 rings (SSSR count). The van der Waals surface area contributed by atoms with Gasteiger partial charge in [-0.05, 0) is 99.0 Å². The molecule has 5 N–H and O–H groups in total. The molecule has 0 saturated carbocycles. The smallest absolute Gasteiger partial charge is 0.359 e. The Morgan fingerprint density at radius 1 is 0.891 bits per heavy atom. The fourth-order valence-corrected chi connectivity index (χ4v) is 5.16. The highest BCUT2D eigenvalue weighted by molar-refractivity contribution is 6.02. The van der Waals surface area contributed by atoms with Gasteiger partial charge in [-0.25, -0.2) is 9.59 Å². The minimum Gasteiger partial charge on any atom is -0.508 e. The number of nitrogens with zero attached hydrogens (tertiary/aromatic N) is 1. The Kier molecular flexibility index (Phi) is 15.5. The van der Waals surface area contributed by atoms with Crippen LogP contribution in [0.15, 0.2) is 60.7 Å². The van der Waals surface area contributed by atoms with Crippen LogP contribution in [-0.4, -0.2) is 53.6 Å². The minimum atomic E-state index is -0.692. The summed E-state index contributed by atoms with van der Waals surface area (Å²) in [5.74, 6) is -0.553. The molecule has 0 aliphatic heterocycles. The van der Waals surface area contributed by atoms with E-state index in [1.807, 2.05) is 56.3 Å². The van der Waals surface area contributed by atoms with Crippen LogP contribution < -0.4 is 15.7 Å². The summed E-state index contributed by atoms with van der Waals surface area (Å²) in [7, 11) is 0. The predicted octanol–water partition coefficient (Wildman–Crippen LogP) is 6.24. The molecule has 0 unspecified atom stereocenters. The number of urea groups is 1. The van der Waals surface area contributed by atoms with Crippen molar-refractivity contribution in [2.45, 2.75) is 78.4 Å². The largest absolute Gasteiger partial charge is 0.508 e. The van der Waals surface area contributed by atoms with Crippen LogP contribution in [0.3, 0.4) is 0 Å². The van der Waals surface area contributed by atoms with Crippen molar-refractivity contribution in [3.05, 3.63) is 88.5 Å². The van der Waals surface area contributed by atoms with Gasteiger partial charge in [0.1, 0.15) is 5.75 Å². The lowest BCUT2D eigenvalue weighted by molar-refractivity contribution is -0.141. The van der Waals surface area contributed by atoms with Crippen molar-refractivity contribution >= 4 is 23.4 Å². The maximum absolute atomic E-state index is 13.1. The average Bonchev–Trinajstić information content (AvgIpc) is 3.02. The summed E-state index contributed by atoms with van der Waals surface area (Å²) in [5, 5.41) is 36.4. The molecule has 3 aromatic rings. The number of hydrogen-bond acceptors (Lipinski definition) is 8. The Morgan fingerprint density at radius 2 is 1.59 bits per heavy atom. The van der Waals surface area contributed by atoms with Crippen molar-refractivity contribution in [3.8, 4) is 5.75 Å². The number of anilines is 2. The lowest BCUT2D eigenvalue weighted by atomic mass is 10.1. The highest BCUT2D eigenvalue weighted by atomic mass is 16.7. The lowest BCUT2D eigenvalue weighted by Crippen LogP contribution is -2.37. The molecule has 2 amide bonds. The maximum atomic E-state index is 13.1. The number of nitrogens with one attached hydrogen (secondary N) is 2. The van der Waals surface area contributed by atoms with Crippen molar-refractivity contribution in [2.24, 2.45) is 0 Å². The Hall–Kier alpha value is -3.96. The van der Waals surface area contributed by atoms with Crippen LogP contribution in [0, 0.1) is 13.8 Å². The second-order valence-electron chi connectivity index (χ2n) is 11.5. The fourth-order valence-electron chi connectivity index (χ4n) is 5.16. The Balaban J connectivity index is 1.26. The van der Waals surface area contributed by atoms with E-state index in [-0.39, 0.29) is 12.4 Å². The van der Waals surface area contributed by atoms with E-state index in [1.54, 1.807) is 12.1 Å². The number of aliphatic hydroxyl groups is 2. The number of amides is 2. The number of aryl methyl sites for hydroxylation is 3. The third-order valence-corrected chi connectivity index (χ3v) is 7.62. The first kappa shape index (κ1) is 36.5. The number of para-hydroxylation sites is 1. The van der Waals surface area contributed by atoms with Crippen molar-refractivity contribution in [3.63, 3.8) is 0 Å². The van der Waals surface area contributed by atoms with Gasteiger partial charge in [0.2, 0.25) is 0 Å². The number of ether oxygens (including phenoxy) is 1. The Morgan fingerprint density at radius 3 is 2.30 bits per heavy atom. The van der Waals surface area contributed by atoms with E-state index in [2.05, 4.69) is 10.6 Å². The SMILES string of the molecule is CC(=O)ON(C(=O)Nc1cccc(CCCCOCCCCCCNC[C@H](O)c2ccc(O)c(CO)c2)c1)c1c(C)cccc1C. The normalized spacial score (nSPS) is 11.7. The Bertz CT molecular complexity index is 1380. The fraction of sp³-hybridized carbons (Fsp3) is 0.444. The van der Waals surface area contributed by atoms with Gasteiger partial charge in [0.05, 0.1) is 18.4 Å². The van der Waals surface area contributed by atoms with Gasteiger partial charge in [-0.15, -0.1) is 5.06 Å². The van der Waals surface area contributed by atoms with Gasteiger partial charge in [0.15, 0.2) is 0 Å². The molecule has 10 nitrogen and oxygen atoms in total. The highest BCUT2D eigenvalue weighted by Crippen LogP contribution is 2.26. The van der Waals surface area contributed by atoms with Crippen molar-refractivity contribution < 1.29 is 34.5 Å². The number of phenols is 1. The number of aliphatic hydroxyl groups excluding tert-OH is 2. The van der Waals surface area contributed by atoms with Gasteiger partial charge in [-0.2, -0.15) is 0 Å². The molecule has 0 aliphatic carbocycles. The van der Waals surface area contributed by atoms with Crippen molar-refractivity contribution in [1.82, 2.24) is 5.32 Å². The zero-order valence-corrected chi connectivity index (χ0v) is 27.3. The molecular weight excluding hydrogens is 586 g/mol. The van der Waals surface area contributed by atoms with Gasteiger partial charge in [-0.3, -0.25) is 0 Å². The number of hydrogen-bond donors (Lipinski definition) is 5. The summed E-state index contributed by atoms with van der Waals surface area (Å²) in [6.07, 6.45) is 6.25. The van der Waals surface area contributed by atoms with Crippen molar-refractivity contribution in [2.75, 3.05) is 36.7 Å². The van der Waals surface area contributed by atoms with E-state index in [4.69, 9.17) is 9.57 Å². The van der Waals surface area contributed by atoms with Crippen LogP contribution in [0.5, 0.6) is 5.75 Å². The topological polar surface area (TPSA) is 141 Å². The van der Waals surface area contributed by atoms with E-state index in [9.17, 15) is 24.9 Å². The molecule has 0 heterocycles. The number of hydroxylamine groups is 1. The van der Waals surface area contributed by atoms with E-state index in [0.717, 1.165) is 79.9 Å². The summed E-state index contributed by atoms with van der Waals surface area (Å²) in [6, 6.07) is 17.5. The number of carbonyl (C=O) groups is 2. The third-order valence-electron chi connectivity index (χ3n) is 7.62. The molecule has 46 heavy (non-hydrogen) atoms. The van der Waals surface area contributed by atoms with Crippen LogP contribution in [-0.2, 0) is 27.4 Å². The molecule has 250 valence electrons. The molecule has 3 aromatic carbocycles. The summed E-state index contributed by atoms with van der Waals surface area (Å²) in [6.45, 7) is 7.40. The van der Waals surface area contributed by atoms with Gasteiger partial charge in [-0.1, -0.05) is 49.2 Å². The first-order chi connectivity index (χ1) is 22.2. The molecule has 0 aliphatic rings. The van der Waals surface area contributed by atoms with Crippen LogP contribution in [0.25, 0.3) is 0 Å². The van der Waals surface area contributed by atoms with Crippen LogP contribution in [0.1, 0.15) is 79.4 Å². The van der Waals surface area contributed by atoms with Crippen LogP contribution >= 0.6 is 0 Å². The first-order valence-corrected chi connectivity index (χ1v) is 16.0. The summed E-state index contributed by atoms with van der Waals surface area (Å²) in [5.41, 5.74) is 4.99. The molecule has 0 saturated heterocycles. The maximum Gasteiger partial charge on any atom is 0.359 e. The predicted molar refractivity (Wildman–Crippen MR) is 180 cm³/mol. The molecule has 0 aromatic heterocycles. The van der Waals surface area contributed by atoms with E-state index < -0.39 is 18.1 Å². The average molecular weight is 636 g/mol. The standard InChI is InChI=1S/C36H49N3O7/c1-26-12-10-13-27(2)35(26)39(46-28(3)41)36(44)38-32-16-11-15-29(22-32)14-6-9-21-45-20-8-5-4-7-19-37-24-34(43)30-17-18-33(42)31(23-30)25-40/h10-13,15-18,22-23,34,37,40,42-43H,4-9,14,19-21,24-25H2,1-3H3,(H,38,44)/t34-/m0/s1. The Labute approximate surface area is 272 Å². The molecule has 0 spiro atoms. The number of rotatable bonds is 18. The number of benzene rings is 3. The van der Waals surface area contributed by atoms with E-state index in [0.29, 0.717) is 35.7 Å². The number of aromatic hydroxyl groups is 1. The summed E-state index contributed by atoms with van der Waals surface area (Å²) >= 11 is 0. The van der Waals surface area contributed by atoms with Crippen LogP contribution in [0.2, 0.25) is 0 Å². The molecular formula is C36H49N3O7. The molecule has 0 radical (unpaired) electrons. The van der Waals surface area contributed by atoms with Gasteiger partial charge >= 0.3 is 12.0 Å². The second kappa shape index (κ2) is 19.5. The zero-order chi connectivity index (χ0) is 33.3. The monoisotopic (exact) mass is 635 g/mol. The van der Waals surface area contributed by atoms with Gasteiger partial charge in [0, 0.05) is 37.9 Å². The molecule has 0 bridgehead atoms. The summed E-state index contributed by atoms with van der Waals surface area (Å²) < 4.78 is 5.81. The number of unbranched alkanes of at least 4 members (excludes halogenated alkanes) is 4. The van der Waals surface area contributed by atoms with Crippen LogP contribution in [0.4, 0.5) is 16.2 Å². The quantitative estimate of drug-likeness (QED) is 0.0817.